The van der Waals surface area contributed by atoms with E-state index in [9.17, 15) is 0 Å². The number of hydrogen-bond donors (Lipinski definition) is 1. The third-order valence-corrected chi connectivity index (χ3v) is 2.74. The molecule has 0 unspecified atom stereocenters. The van der Waals surface area contributed by atoms with Crippen molar-refractivity contribution < 1.29 is 0 Å². The molecule has 0 atom stereocenters. The number of likely N-dealkylation sites (N-methyl/N-ethyl adjacent to an activating group) is 1. The molecule has 1 rings (SSSR count). The van der Waals surface area contributed by atoms with E-state index in [-0.39, 0.29) is 0 Å². The summed E-state index contributed by atoms with van der Waals surface area (Å²) in [6.45, 7) is 8.19. The molecule has 0 fully saturated rings. The molecule has 96 valence electrons. The zero-order valence-electron chi connectivity index (χ0n) is 11.7. The molecule has 0 bridgehead atoms. The van der Waals surface area contributed by atoms with Crippen molar-refractivity contribution >= 4 is 5.82 Å². The molecule has 0 spiro atoms. The van der Waals surface area contributed by atoms with Gasteiger partial charge in [0.25, 0.3) is 0 Å². The van der Waals surface area contributed by atoms with E-state index in [0.29, 0.717) is 0 Å². The zero-order valence-corrected chi connectivity index (χ0v) is 11.7. The largest absolute Gasteiger partial charge is 0.370 e. The molecule has 4 nitrogen and oxygen atoms in total. The number of hydrogen-bond acceptors (Lipinski definition) is 4. The fourth-order valence-corrected chi connectivity index (χ4v) is 1.83. The third kappa shape index (κ3) is 3.97. The van der Waals surface area contributed by atoms with Gasteiger partial charge in [0, 0.05) is 30.8 Å². The molecule has 1 aromatic heterocycles. The van der Waals surface area contributed by atoms with E-state index >= 15 is 0 Å². The highest BCUT2D eigenvalue weighted by molar-refractivity contribution is 5.46. The van der Waals surface area contributed by atoms with Crippen molar-refractivity contribution in [2.75, 3.05) is 32.5 Å². The number of nitrogens with one attached hydrogen (secondary N) is 1. The second kappa shape index (κ2) is 6.55. The average molecular weight is 236 g/mol. The van der Waals surface area contributed by atoms with E-state index in [4.69, 9.17) is 0 Å². The smallest absolute Gasteiger partial charge is 0.133 e. The predicted molar refractivity (Wildman–Crippen MR) is 72.6 cm³/mol. The lowest BCUT2D eigenvalue weighted by Gasteiger charge is -2.14. The Kier molecular flexibility index (Phi) is 5.35. The molecule has 0 aliphatic heterocycles. The van der Waals surface area contributed by atoms with Crippen molar-refractivity contribution in [1.82, 2.24) is 14.9 Å². The van der Waals surface area contributed by atoms with Crippen LogP contribution in [0.1, 0.15) is 30.9 Å². The number of aryl methyl sites for hydroxylation is 1. The number of nitrogens with zero attached hydrogens (tertiary/aromatic N) is 3. The molecule has 0 radical (unpaired) electrons. The SMILES string of the molecule is CCNc1nc(CCN(C)C)nc(C)c1CC. The van der Waals surface area contributed by atoms with Gasteiger partial charge in [-0.1, -0.05) is 6.92 Å². The molecule has 4 heteroatoms. The van der Waals surface area contributed by atoms with Gasteiger partial charge in [0.2, 0.25) is 0 Å². The minimum Gasteiger partial charge on any atom is -0.370 e. The van der Waals surface area contributed by atoms with E-state index in [1.54, 1.807) is 0 Å². The van der Waals surface area contributed by atoms with Crippen molar-refractivity contribution in [3.63, 3.8) is 0 Å². The minimum atomic E-state index is 0.899. The number of rotatable bonds is 6. The molecule has 0 saturated heterocycles. The summed E-state index contributed by atoms with van der Waals surface area (Å²) in [4.78, 5) is 11.4. The molecule has 0 aromatic carbocycles. The van der Waals surface area contributed by atoms with Crippen molar-refractivity contribution in [2.45, 2.75) is 33.6 Å². The normalized spacial score (nSPS) is 10.9. The van der Waals surface area contributed by atoms with Crippen LogP contribution in [0, 0.1) is 6.92 Å². The first-order valence-electron chi connectivity index (χ1n) is 6.33. The first-order valence-corrected chi connectivity index (χ1v) is 6.33. The van der Waals surface area contributed by atoms with Crippen molar-refractivity contribution in [2.24, 2.45) is 0 Å². The van der Waals surface area contributed by atoms with Gasteiger partial charge in [-0.15, -0.1) is 0 Å². The maximum Gasteiger partial charge on any atom is 0.133 e. The zero-order chi connectivity index (χ0) is 12.8. The monoisotopic (exact) mass is 236 g/mol. The van der Waals surface area contributed by atoms with Gasteiger partial charge >= 0.3 is 0 Å². The van der Waals surface area contributed by atoms with Gasteiger partial charge in [0.05, 0.1) is 0 Å². The van der Waals surface area contributed by atoms with Gasteiger partial charge in [-0.3, -0.25) is 0 Å². The van der Waals surface area contributed by atoms with Crippen molar-refractivity contribution in [3.8, 4) is 0 Å². The maximum atomic E-state index is 4.62. The Labute approximate surface area is 104 Å². The standard InChI is InChI=1S/C13H24N4/c1-6-11-10(3)15-12(8-9-17(4)5)16-13(11)14-7-2/h6-9H2,1-5H3,(H,14,15,16). The molecule has 17 heavy (non-hydrogen) atoms. The molecule has 0 amide bonds. The van der Waals surface area contributed by atoms with Crippen LogP contribution in [0.15, 0.2) is 0 Å². The van der Waals surface area contributed by atoms with Crippen molar-refractivity contribution in [3.05, 3.63) is 17.1 Å². The maximum absolute atomic E-state index is 4.62. The Balaban J connectivity index is 2.93. The molecule has 1 heterocycles. The second-order valence-electron chi connectivity index (χ2n) is 4.49. The highest BCUT2D eigenvalue weighted by Crippen LogP contribution is 2.17. The van der Waals surface area contributed by atoms with Crippen LogP contribution < -0.4 is 5.32 Å². The average Bonchev–Trinajstić information content (AvgIpc) is 2.26. The summed E-state index contributed by atoms with van der Waals surface area (Å²) in [6.07, 6.45) is 1.87. The van der Waals surface area contributed by atoms with Crippen LogP contribution in [0.4, 0.5) is 5.82 Å². The Bertz CT molecular complexity index is 361. The summed E-state index contributed by atoms with van der Waals surface area (Å²) in [7, 11) is 4.14. The van der Waals surface area contributed by atoms with Crippen LogP contribution in [-0.2, 0) is 12.8 Å². The van der Waals surface area contributed by atoms with E-state index in [2.05, 4.69) is 55.1 Å². The van der Waals surface area contributed by atoms with Crippen LogP contribution in [-0.4, -0.2) is 42.1 Å². The van der Waals surface area contributed by atoms with E-state index < -0.39 is 0 Å². The van der Waals surface area contributed by atoms with Gasteiger partial charge in [0.15, 0.2) is 0 Å². The quantitative estimate of drug-likeness (QED) is 0.819. The lowest BCUT2D eigenvalue weighted by molar-refractivity contribution is 0.409. The summed E-state index contributed by atoms with van der Waals surface area (Å²) in [5.74, 6) is 1.95. The predicted octanol–water partition coefficient (Wildman–Crippen LogP) is 1.88. The third-order valence-electron chi connectivity index (χ3n) is 2.74. The van der Waals surface area contributed by atoms with Crippen LogP contribution in [0.2, 0.25) is 0 Å². The van der Waals surface area contributed by atoms with Gasteiger partial charge in [0.1, 0.15) is 11.6 Å². The fourth-order valence-electron chi connectivity index (χ4n) is 1.83. The Hall–Kier alpha value is -1.16. The molecular weight excluding hydrogens is 212 g/mol. The topological polar surface area (TPSA) is 41.1 Å². The van der Waals surface area contributed by atoms with E-state index in [1.165, 1.54) is 5.56 Å². The first-order chi connectivity index (χ1) is 8.08. The fraction of sp³-hybridized carbons (Fsp3) is 0.692. The summed E-state index contributed by atoms with van der Waals surface area (Å²) in [5.41, 5.74) is 2.34. The Morgan fingerprint density at radius 2 is 1.88 bits per heavy atom. The van der Waals surface area contributed by atoms with Gasteiger partial charge in [-0.25, -0.2) is 9.97 Å². The van der Waals surface area contributed by atoms with E-state index in [0.717, 1.165) is 43.3 Å². The minimum absolute atomic E-state index is 0.899. The molecule has 1 aromatic rings. The van der Waals surface area contributed by atoms with Crippen molar-refractivity contribution in [1.29, 1.82) is 0 Å². The summed E-state index contributed by atoms with van der Waals surface area (Å²) in [6, 6.07) is 0. The van der Waals surface area contributed by atoms with Gasteiger partial charge in [-0.05, 0) is 34.4 Å². The van der Waals surface area contributed by atoms with Crippen LogP contribution >= 0.6 is 0 Å². The number of aromatic nitrogens is 2. The highest BCUT2D eigenvalue weighted by Gasteiger charge is 2.09. The van der Waals surface area contributed by atoms with Crippen LogP contribution in [0.5, 0.6) is 0 Å². The highest BCUT2D eigenvalue weighted by atomic mass is 15.1. The Morgan fingerprint density at radius 1 is 1.18 bits per heavy atom. The Morgan fingerprint density at radius 3 is 2.41 bits per heavy atom. The van der Waals surface area contributed by atoms with E-state index in [1.807, 2.05) is 0 Å². The van der Waals surface area contributed by atoms with Crippen LogP contribution in [0.3, 0.4) is 0 Å². The second-order valence-corrected chi connectivity index (χ2v) is 4.49. The number of anilines is 1. The first kappa shape index (κ1) is 13.9. The molecule has 1 N–H and O–H groups in total. The molecule has 0 aliphatic carbocycles. The lowest BCUT2D eigenvalue weighted by atomic mass is 10.1. The van der Waals surface area contributed by atoms with Gasteiger partial charge in [-0.2, -0.15) is 0 Å². The lowest BCUT2D eigenvalue weighted by Crippen LogP contribution is -2.18. The summed E-state index contributed by atoms with van der Waals surface area (Å²) in [5, 5.41) is 3.33. The molecular formula is C13H24N4. The van der Waals surface area contributed by atoms with Crippen LogP contribution in [0.25, 0.3) is 0 Å². The summed E-state index contributed by atoms with van der Waals surface area (Å²) < 4.78 is 0. The molecule has 0 aliphatic rings. The summed E-state index contributed by atoms with van der Waals surface area (Å²) >= 11 is 0. The van der Waals surface area contributed by atoms with Gasteiger partial charge < -0.3 is 10.2 Å². The molecule has 0 saturated carbocycles.